The predicted octanol–water partition coefficient (Wildman–Crippen LogP) is -0.324. The molecule has 0 bridgehead atoms. The van der Waals surface area contributed by atoms with Crippen LogP contribution in [0.3, 0.4) is 0 Å². The summed E-state index contributed by atoms with van der Waals surface area (Å²) in [6, 6.07) is 0. The summed E-state index contributed by atoms with van der Waals surface area (Å²) in [4.78, 5) is 10.2. The van der Waals surface area contributed by atoms with E-state index in [1.165, 1.54) is 19.3 Å². The van der Waals surface area contributed by atoms with Gasteiger partial charge in [-0.15, -0.1) is 0 Å². The molecule has 0 aromatic carbocycles. The molecule has 10 heavy (non-hydrogen) atoms. The average Bonchev–Trinajstić information content (AvgIpc) is 2.62. The van der Waals surface area contributed by atoms with Gasteiger partial charge in [0.1, 0.15) is 0 Å². The van der Waals surface area contributed by atoms with Crippen molar-refractivity contribution in [2.45, 2.75) is 12.8 Å². The fourth-order valence-corrected chi connectivity index (χ4v) is 0.782. The minimum atomic E-state index is -0.344. The second-order valence-corrected chi connectivity index (χ2v) is 2.71. The van der Waals surface area contributed by atoms with Gasteiger partial charge in [-0.3, -0.25) is 4.79 Å². The summed E-state index contributed by atoms with van der Waals surface area (Å²) < 4.78 is 0. The Morgan fingerprint density at radius 3 is 2.90 bits per heavy atom. The highest BCUT2D eigenvalue weighted by Crippen LogP contribution is 2.27. The molecule has 1 fully saturated rings. The van der Waals surface area contributed by atoms with E-state index >= 15 is 0 Å². The molecule has 0 aliphatic heterocycles. The van der Waals surface area contributed by atoms with Gasteiger partial charge in [0.05, 0.1) is 6.42 Å². The molecule has 0 aromatic rings. The molecule has 3 nitrogen and oxygen atoms in total. The van der Waals surface area contributed by atoms with Crippen LogP contribution in [0.5, 0.6) is 0 Å². The molecule has 57 valence electrons. The van der Waals surface area contributed by atoms with Crippen molar-refractivity contribution in [2.75, 3.05) is 13.1 Å². The first-order chi connectivity index (χ1) is 4.79. The highest BCUT2D eigenvalue weighted by atomic mass is 16.1. The zero-order valence-corrected chi connectivity index (χ0v) is 5.97. The van der Waals surface area contributed by atoms with E-state index in [1.54, 1.807) is 0 Å². The van der Waals surface area contributed by atoms with E-state index in [2.05, 4.69) is 5.32 Å². The number of nitrogens with two attached hydrogens (primary N) is 1. The van der Waals surface area contributed by atoms with Gasteiger partial charge in [0, 0.05) is 6.54 Å². The Morgan fingerprint density at radius 2 is 2.40 bits per heavy atom. The first-order valence-electron chi connectivity index (χ1n) is 3.62. The summed E-state index contributed by atoms with van der Waals surface area (Å²) in [5.74, 6) is 0.518. The maximum Gasteiger partial charge on any atom is 0.222 e. The molecule has 1 radical (unpaired) electrons. The molecule has 1 rings (SSSR count). The van der Waals surface area contributed by atoms with Gasteiger partial charge in [-0.1, -0.05) is 0 Å². The molecular weight excluding hydrogens is 128 g/mol. The highest BCUT2D eigenvalue weighted by Gasteiger charge is 2.19. The first kappa shape index (κ1) is 7.54. The van der Waals surface area contributed by atoms with Gasteiger partial charge in [-0.05, 0) is 25.3 Å². The van der Waals surface area contributed by atoms with Crippen LogP contribution < -0.4 is 11.1 Å². The SMILES string of the molecule is NC(=O)[CH]CNCC1CC1. The average molecular weight is 141 g/mol. The van der Waals surface area contributed by atoms with Gasteiger partial charge in [-0.25, -0.2) is 0 Å². The second kappa shape index (κ2) is 3.56. The van der Waals surface area contributed by atoms with Crippen molar-refractivity contribution in [1.82, 2.24) is 5.32 Å². The highest BCUT2D eigenvalue weighted by molar-refractivity contribution is 5.83. The van der Waals surface area contributed by atoms with Crippen LogP contribution in [0.25, 0.3) is 0 Å². The fraction of sp³-hybridized carbons (Fsp3) is 0.714. The number of hydrogen-bond acceptors (Lipinski definition) is 2. The molecule has 0 saturated heterocycles. The van der Waals surface area contributed by atoms with Gasteiger partial charge in [0.2, 0.25) is 5.91 Å². The molecule has 0 heterocycles. The number of amides is 1. The number of carbonyl (C=O) groups excluding carboxylic acids is 1. The van der Waals surface area contributed by atoms with Crippen molar-refractivity contribution in [2.24, 2.45) is 11.7 Å². The van der Waals surface area contributed by atoms with E-state index in [4.69, 9.17) is 5.73 Å². The van der Waals surface area contributed by atoms with E-state index in [0.717, 1.165) is 12.5 Å². The molecule has 0 unspecified atom stereocenters. The van der Waals surface area contributed by atoms with Crippen LogP contribution in [0.15, 0.2) is 0 Å². The molecule has 0 aromatic heterocycles. The summed E-state index contributed by atoms with van der Waals surface area (Å²) in [5, 5.41) is 3.12. The normalized spacial score (nSPS) is 17.2. The zero-order chi connectivity index (χ0) is 7.40. The Bertz CT molecular complexity index is 121. The Morgan fingerprint density at radius 1 is 1.70 bits per heavy atom. The molecule has 1 saturated carbocycles. The van der Waals surface area contributed by atoms with Crippen LogP contribution in [0.1, 0.15) is 12.8 Å². The van der Waals surface area contributed by atoms with Crippen LogP contribution >= 0.6 is 0 Å². The van der Waals surface area contributed by atoms with Gasteiger partial charge in [-0.2, -0.15) is 0 Å². The van der Waals surface area contributed by atoms with E-state index in [0.29, 0.717) is 6.54 Å². The number of primary amides is 1. The third-order valence-corrected chi connectivity index (χ3v) is 1.58. The van der Waals surface area contributed by atoms with E-state index in [1.807, 2.05) is 0 Å². The smallest absolute Gasteiger partial charge is 0.222 e. The monoisotopic (exact) mass is 141 g/mol. The standard InChI is InChI=1S/C7H13N2O/c8-7(10)3-4-9-5-6-1-2-6/h3,6,9H,1-2,4-5H2,(H2,8,10). The summed E-state index contributed by atoms with van der Waals surface area (Å²) >= 11 is 0. The van der Waals surface area contributed by atoms with Crippen molar-refractivity contribution >= 4 is 5.91 Å². The third-order valence-electron chi connectivity index (χ3n) is 1.58. The molecular formula is C7H13N2O. The Balaban J connectivity index is 1.80. The lowest BCUT2D eigenvalue weighted by atomic mass is 10.4. The zero-order valence-electron chi connectivity index (χ0n) is 5.97. The van der Waals surface area contributed by atoms with Gasteiger partial charge in [0.15, 0.2) is 0 Å². The topological polar surface area (TPSA) is 55.1 Å². The minimum absolute atomic E-state index is 0.344. The Labute approximate surface area is 61.0 Å². The van der Waals surface area contributed by atoms with Gasteiger partial charge >= 0.3 is 0 Å². The van der Waals surface area contributed by atoms with Crippen LogP contribution in [0.2, 0.25) is 0 Å². The molecule has 1 aliphatic carbocycles. The lowest BCUT2D eigenvalue weighted by Crippen LogP contribution is -2.24. The molecule has 0 atom stereocenters. The van der Waals surface area contributed by atoms with Gasteiger partial charge in [0.25, 0.3) is 0 Å². The number of hydrogen-bond donors (Lipinski definition) is 2. The summed E-state index contributed by atoms with van der Waals surface area (Å²) in [6.45, 7) is 1.65. The van der Waals surface area contributed by atoms with E-state index in [-0.39, 0.29) is 5.91 Å². The van der Waals surface area contributed by atoms with Crippen molar-refractivity contribution in [3.63, 3.8) is 0 Å². The molecule has 1 aliphatic rings. The van der Waals surface area contributed by atoms with E-state index < -0.39 is 0 Å². The predicted molar refractivity (Wildman–Crippen MR) is 39.1 cm³/mol. The van der Waals surface area contributed by atoms with Gasteiger partial charge < -0.3 is 11.1 Å². The molecule has 3 N–H and O–H groups in total. The molecule has 0 spiro atoms. The van der Waals surface area contributed by atoms with Crippen molar-refractivity contribution in [3.05, 3.63) is 6.42 Å². The quantitative estimate of drug-likeness (QED) is 0.515. The van der Waals surface area contributed by atoms with E-state index in [9.17, 15) is 4.79 Å². The maximum absolute atomic E-state index is 10.2. The van der Waals surface area contributed by atoms with Crippen LogP contribution in [0, 0.1) is 12.3 Å². The fourth-order valence-electron chi connectivity index (χ4n) is 0.782. The summed E-state index contributed by atoms with van der Waals surface area (Å²) in [7, 11) is 0. The molecule has 3 heteroatoms. The first-order valence-corrected chi connectivity index (χ1v) is 3.62. The number of nitrogens with one attached hydrogen (secondary N) is 1. The maximum atomic E-state index is 10.2. The molecule has 1 amide bonds. The van der Waals surface area contributed by atoms with Crippen LogP contribution in [0.4, 0.5) is 0 Å². The Kier molecular flexibility index (Phi) is 2.68. The Hall–Kier alpha value is -0.570. The minimum Gasteiger partial charge on any atom is -0.369 e. The lowest BCUT2D eigenvalue weighted by Gasteiger charge is -1.98. The third kappa shape index (κ3) is 3.45. The van der Waals surface area contributed by atoms with Crippen molar-refractivity contribution in [3.8, 4) is 0 Å². The lowest BCUT2D eigenvalue weighted by molar-refractivity contribution is -0.114. The van der Waals surface area contributed by atoms with Crippen LogP contribution in [-0.2, 0) is 4.79 Å². The largest absolute Gasteiger partial charge is 0.369 e. The number of rotatable bonds is 5. The second-order valence-electron chi connectivity index (χ2n) is 2.71. The van der Waals surface area contributed by atoms with Crippen LogP contribution in [-0.4, -0.2) is 19.0 Å². The summed E-state index contributed by atoms with van der Waals surface area (Å²) in [6.07, 6.45) is 4.13. The van der Waals surface area contributed by atoms with Crippen molar-refractivity contribution < 1.29 is 4.79 Å². The summed E-state index contributed by atoms with van der Waals surface area (Å²) in [5.41, 5.74) is 4.89. The van der Waals surface area contributed by atoms with Crippen molar-refractivity contribution in [1.29, 1.82) is 0 Å². The number of carbonyl (C=O) groups is 1.